The van der Waals surface area contributed by atoms with E-state index >= 15 is 0 Å². The summed E-state index contributed by atoms with van der Waals surface area (Å²) >= 11 is 0. The monoisotopic (exact) mass is 1060 g/mol. The van der Waals surface area contributed by atoms with Crippen molar-refractivity contribution in [2.24, 2.45) is 0 Å². The number of rotatable bonds is 26. The third-order valence-electron chi connectivity index (χ3n) is 12.4. The van der Waals surface area contributed by atoms with Gasteiger partial charge in [-0.1, -0.05) is 38.1 Å². The highest BCUT2D eigenvalue weighted by molar-refractivity contribution is 4.97. The van der Waals surface area contributed by atoms with Crippen LogP contribution in [0.5, 0.6) is 0 Å². The minimum absolute atomic E-state index is 0.0617. The topological polar surface area (TPSA) is 354 Å². The normalized spacial score (nSPS) is 36.7. The highest BCUT2D eigenvalue weighted by atomic mass is 16.8. The van der Waals surface area contributed by atoms with Crippen molar-refractivity contribution < 1.29 is 103 Å². The van der Waals surface area contributed by atoms with E-state index in [2.05, 4.69) is 20.6 Å². The Morgan fingerprint density at radius 3 is 1.19 bits per heavy atom. The predicted octanol–water partition coefficient (Wildman–Crippen LogP) is -2.81. The standard InChI is InChI=1S/C42H72N6O21.2C2H6/c1-6-47-15-21(43-45-47)11-9-13-61-37-25(19-63-40-32(54)28(50)27(49)23(66-40)17-58-4)68-42(35(57)31(37)53)65-20-26-38(62-14-10-12-22-16-48(7-2)46-44-22)30(52)34(56)41(69-26)64-18-24-36(60-8-3)29(51)33(55)39(59-5)67-24;2*1-2/h15-16,23-42,49-57H,6-14,17-20H2,1-5H3;2*1-2H3/t23-,24-,25-,26-,27-,28+,29-,30-,31-,32-,33-,34-,35-,36-,37-,38-,39+,40+,41+,42+;;/m1../s1. The summed E-state index contributed by atoms with van der Waals surface area (Å²) in [6, 6.07) is 0. The molecule has 20 atom stereocenters. The van der Waals surface area contributed by atoms with Crippen LogP contribution in [-0.4, -0.2) is 259 Å². The summed E-state index contributed by atoms with van der Waals surface area (Å²) in [4.78, 5) is 0. The van der Waals surface area contributed by atoms with Crippen LogP contribution in [0, 0.1) is 0 Å². The molecule has 9 N–H and O–H groups in total. The van der Waals surface area contributed by atoms with Crippen LogP contribution in [0.1, 0.15) is 72.7 Å². The predicted molar refractivity (Wildman–Crippen MR) is 251 cm³/mol. The molecule has 0 radical (unpaired) electrons. The van der Waals surface area contributed by atoms with Crippen molar-refractivity contribution in [3.63, 3.8) is 0 Å². The Hall–Kier alpha value is -2.56. The molecule has 6 rings (SSSR count). The number of aromatic nitrogens is 6. The highest BCUT2D eigenvalue weighted by Gasteiger charge is 2.52. The molecule has 4 saturated heterocycles. The van der Waals surface area contributed by atoms with E-state index in [1.165, 1.54) is 14.2 Å². The SMILES string of the molecule is CC.CC.CCO[C@H]1[C@H](O)[C@@H](O)[C@@H](OC)O[C@@H]1CO[C@H]1O[C@H](CO[C@H]2O[C@H](CO[C@H]3O[C@H](COC)[C@@H](O)[C@H](O)[C@H]3O)[C@@H](OCCCc3cn(CC)nn3)[C@H](O)[C@H]2O)[C@@H](OCCCc2cn(CC)nn2)[C@H](O)[C@H]1O. The van der Waals surface area contributed by atoms with Crippen LogP contribution in [0.3, 0.4) is 0 Å². The second-order valence-corrected chi connectivity index (χ2v) is 17.2. The van der Waals surface area contributed by atoms with Gasteiger partial charge in [-0.15, -0.1) is 10.2 Å². The lowest BCUT2D eigenvalue weighted by atomic mass is 9.97. The zero-order valence-electron chi connectivity index (χ0n) is 43.5. The van der Waals surface area contributed by atoms with E-state index < -0.39 is 136 Å². The summed E-state index contributed by atoms with van der Waals surface area (Å²) in [5.41, 5.74) is 1.44. The molecule has 4 fully saturated rings. The van der Waals surface area contributed by atoms with Crippen molar-refractivity contribution in [1.29, 1.82) is 0 Å². The van der Waals surface area contributed by atoms with Gasteiger partial charge in [0.25, 0.3) is 0 Å². The molecule has 6 heterocycles. The molecule has 0 aromatic carbocycles. The number of aliphatic hydroxyl groups is 9. The molecular weight excluding hydrogens is 973 g/mol. The second-order valence-electron chi connectivity index (χ2n) is 17.2. The van der Waals surface area contributed by atoms with Crippen LogP contribution in [0.4, 0.5) is 0 Å². The van der Waals surface area contributed by atoms with E-state index in [-0.39, 0.29) is 33.0 Å². The molecule has 424 valence electrons. The first-order valence-corrected chi connectivity index (χ1v) is 25.5. The first-order chi connectivity index (χ1) is 35.2. The second kappa shape index (κ2) is 32.2. The van der Waals surface area contributed by atoms with Gasteiger partial charge in [0.1, 0.15) is 97.7 Å². The average molecular weight is 1060 g/mol. The molecule has 0 saturated carbocycles. The van der Waals surface area contributed by atoms with Crippen LogP contribution < -0.4 is 0 Å². The zero-order chi connectivity index (χ0) is 53.8. The summed E-state index contributed by atoms with van der Waals surface area (Å²) in [6.07, 6.45) is -23.1. The van der Waals surface area contributed by atoms with Crippen molar-refractivity contribution in [3.05, 3.63) is 23.8 Å². The van der Waals surface area contributed by atoms with Gasteiger partial charge < -0.3 is 103 Å². The van der Waals surface area contributed by atoms with Crippen LogP contribution in [0.15, 0.2) is 12.4 Å². The maximum absolute atomic E-state index is 11.6. The molecule has 0 unspecified atom stereocenters. The van der Waals surface area contributed by atoms with Crippen LogP contribution in [0.25, 0.3) is 0 Å². The van der Waals surface area contributed by atoms with Gasteiger partial charge in [-0.25, -0.2) is 0 Å². The van der Waals surface area contributed by atoms with Gasteiger partial charge in [0.05, 0.1) is 37.8 Å². The van der Waals surface area contributed by atoms with E-state index in [0.29, 0.717) is 38.8 Å². The first-order valence-electron chi connectivity index (χ1n) is 25.5. The van der Waals surface area contributed by atoms with Crippen molar-refractivity contribution in [2.75, 3.05) is 60.5 Å². The number of aliphatic hydroxyl groups excluding tert-OH is 9. The number of hydrogen-bond donors (Lipinski definition) is 9. The van der Waals surface area contributed by atoms with Crippen LogP contribution in [-0.2, 0) is 82.8 Å². The minimum atomic E-state index is -1.74. The Labute approximate surface area is 426 Å². The highest BCUT2D eigenvalue weighted by Crippen LogP contribution is 2.32. The number of methoxy groups -OCH3 is 2. The lowest BCUT2D eigenvalue weighted by Gasteiger charge is -2.46. The number of aryl methyl sites for hydroxylation is 4. The Morgan fingerprint density at radius 1 is 0.452 bits per heavy atom. The number of nitrogens with zero attached hydrogens (tertiary/aromatic N) is 6. The zero-order valence-corrected chi connectivity index (χ0v) is 43.5. The lowest BCUT2D eigenvalue weighted by Crippen LogP contribution is -2.64. The smallest absolute Gasteiger partial charge is 0.186 e. The molecule has 2 aromatic heterocycles. The Morgan fingerprint density at radius 2 is 0.822 bits per heavy atom. The number of hydrogen-bond acceptors (Lipinski definition) is 25. The largest absolute Gasteiger partial charge is 0.387 e. The molecule has 4 aliphatic rings. The fourth-order valence-corrected chi connectivity index (χ4v) is 8.49. The molecule has 2 aromatic rings. The van der Waals surface area contributed by atoms with E-state index in [4.69, 9.17) is 56.8 Å². The first kappa shape index (κ1) is 63.0. The molecule has 0 amide bonds. The third-order valence-corrected chi connectivity index (χ3v) is 12.4. The lowest BCUT2D eigenvalue weighted by molar-refractivity contribution is -0.351. The van der Waals surface area contributed by atoms with Crippen LogP contribution in [0.2, 0.25) is 0 Å². The van der Waals surface area contributed by atoms with Gasteiger partial charge in [0, 0.05) is 59.5 Å². The van der Waals surface area contributed by atoms with Crippen LogP contribution >= 0.6 is 0 Å². The van der Waals surface area contributed by atoms with Gasteiger partial charge in [0.2, 0.25) is 0 Å². The fraction of sp³-hybridized carbons (Fsp3) is 0.913. The third kappa shape index (κ3) is 17.0. The molecule has 73 heavy (non-hydrogen) atoms. The van der Waals surface area contributed by atoms with Gasteiger partial charge >= 0.3 is 0 Å². The van der Waals surface area contributed by atoms with Gasteiger partial charge in [0.15, 0.2) is 25.2 Å². The molecule has 0 spiro atoms. The summed E-state index contributed by atoms with van der Waals surface area (Å²) in [7, 11) is 2.65. The minimum Gasteiger partial charge on any atom is -0.387 e. The summed E-state index contributed by atoms with van der Waals surface area (Å²) < 4.78 is 73.4. The van der Waals surface area contributed by atoms with E-state index in [1.807, 2.05) is 41.5 Å². The molecule has 27 nitrogen and oxygen atoms in total. The van der Waals surface area contributed by atoms with Gasteiger partial charge in [-0.3, -0.25) is 9.36 Å². The van der Waals surface area contributed by atoms with Crippen molar-refractivity contribution in [2.45, 2.75) is 210 Å². The molecule has 0 aliphatic carbocycles. The Kier molecular flexibility index (Phi) is 27.8. The molecule has 27 heteroatoms. The summed E-state index contributed by atoms with van der Waals surface area (Å²) in [5.74, 6) is 0. The summed E-state index contributed by atoms with van der Waals surface area (Å²) in [5, 5.41) is 115. The number of ether oxygens (including phenoxy) is 12. The Balaban J connectivity index is 0.00000282. The van der Waals surface area contributed by atoms with E-state index in [0.717, 1.165) is 11.4 Å². The Bertz CT molecular complexity index is 1770. The van der Waals surface area contributed by atoms with E-state index in [9.17, 15) is 46.0 Å². The maximum atomic E-state index is 11.6. The van der Waals surface area contributed by atoms with Crippen molar-refractivity contribution >= 4 is 0 Å². The quantitative estimate of drug-likeness (QED) is 0.0430. The van der Waals surface area contributed by atoms with Gasteiger partial charge in [-0.2, -0.15) is 0 Å². The average Bonchev–Trinajstić information content (AvgIpc) is 4.09. The van der Waals surface area contributed by atoms with Crippen molar-refractivity contribution in [1.82, 2.24) is 30.0 Å². The van der Waals surface area contributed by atoms with Crippen molar-refractivity contribution in [3.8, 4) is 0 Å². The van der Waals surface area contributed by atoms with Gasteiger partial charge in [-0.05, 0) is 46.5 Å². The molecular formula is C46H84N6O21. The molecule has 4 aliphatic heterocycles. The summed E-state index contributed by atoms with van der Waals surface area (Å²) in [6.45, 7) is 13.6. The maximum Gasteiger partial charge on any atom is 0.186 e. The molecule has 0 bridgehead atoms. The fourth-order valence-electron chi connectivity index (χ4n) is 8.49. The van der Waals surface area contributed by atoms with E-state index in [1.54, 1.807) is 28.7 Å².